The Bertz CT molecular complexity index is 1200. The van der Waals surface area contributed by atoms with Crippen LogP contribution < -0.4 is 9.62 Å². The molecule has 0 spiro atoms. The summed E-state index contributed by atoms with van der Waals surface area (Å²) in [7, 11) is -3.96. The molecule has 0 unspecified atom stereocenters. The first-order valence-electron chi connectivity index (χ1n) is 9.40. The third-order valence-electron chi connectivity index (χ3n) is 4.53. The van der Waals surface area contributed by atoms with E-state index < -0.39 is 22.5 Å². The van der Waals surface area contributed by atoms with E-state index >= 15 is 0 Å². The first-order valence-corrected chi connectivity index (χ1v) is 11.6. The van der Waals surface area contributed by atoms with Gasteiger partial charge < -0.3 is 5.32 Å². The van der Waals surface area contributed by atoms with Gasteiger partial charge in [-0.3, -0.25) is 9.10 Å². The van der Waals surface area contributed by atoms with Crippen LogP contribution >= 0.6 is 15.9 Å². The first kappa shape index (κ1) is 22.5. The monoisotopic (exact) mass is 497 g/mol. The number of benzene rings is 3. The fraction of sp³-hybridized carbons (Fsp3) is 0.130. The molecule has 1 N–H and O–H groups in total. The molecular weight excluding hydrogens is 478 g/mol. The number of rotatable bonds is 7. The van der Waals surface area contributed by atoms with Crippen molar-refractivity contribution in [1.29, 1.82) is 5.26 Å². The predicted octanol–water partition coefficient (Wildman–Crippen LogP) is 4.66. The van der Waals surface area contributed by atoms with Crippen LogP contribution in [0.4, 0.5) is 11.4 Å². The molecule has 0 saturated heterocycles. The van der Waals surface area contributed by atoms with E-state index in [-0.39, 0.29) is 11.3 Å². The van der Waals surface area contributed by atoms with Crippen LogP contribution in [-0.4, -0.2) is 20.9 Å². The third-order valence-corrected chi connectivity index (χ3v) is 6.85. The molecule has 0 aliphatic heterocycles. The third kappa shape index (κ3) is 5.72. The second-order valence-corrected chi connectivity index (χ2v) is 9.66. The van der Waals surface area contributed by atoms with Gasteiger partial charge in [0.05, 0.1) is 23.1 Å². The van der Waals surface area contributed by atoms with Gasteiger partial charge in [-0.1, -0.05) is 45.8 Å². The molecule has 0 aliphatic rings. The summed E-state index contributed by atoms with van der Waals surface area (Å²) in [6.45, 7) is 1.48. The van der Waals surface area contributed by atoms with Crippen molar-refractivity contribution in [3.63, 3.8) is 0 Å². The van der Waals surface area contributed by atoms with Crippen LogP contribution in [0.15, 0.2) is 82.2 Å². The maximum absolute atomic E-state index is 13.3. The van der Waals surface area contributed by atoms with Crippen LogP contribution in [-0.2, 0) is 21.2 Å². The van der Waals surface area contributed by atoms with E-state index in [9.17, 15) is 13.2 Å². The molecule has 0 bridgehead atoms. The zero-order valence-electron chi connectivity index (χ0n) is 16.7. The molecule has 0 fully saturated rings. The van der Waals surface area contributed by atoms with Crippen LogP contribution in [0.3, 0.4) is 0 Å². The molecule has 3 aromatic carbocycles. The Kier molecular flexibility index (Phi) is 7.10. The van der Waals surface area contributed by atoms with Gasteiger partial charge in [0.25, 0.3) is 10.0 Å². The van der Waals surface area contributed by atoms with E-state index in [1.165, 1.54) is 12.1 Å². The Balaban J connectivity index is 1.87. The Morgan fingerprint density at radius 2 is 1.61 bits per heavy atom. The number of hydrogen-bond acceptors (Lipinski definition) is 4. The highest BCUT2D eigenvalue weighted by atomic mass is 79.9. The van der Waals surface area contributed by atoms with Gasteiger partial charge in [-0.15, -0.1) is 0 Å². The maximum Gasteiger partial charge on any atom is 0.264 e. The van der Waals surface area contributed by atoms with E-state index in [1.807, 2.05) is 6.92 Å². The zero-order valence-corrected chi connectivity index (χ0v) is 19.2. The van der Waals surface area contributed by atoms with Gasteiger partial charge in [0.15, 0.2) is 0 Å². The number of nitrogens with one attached hydrogen (secondary N) is 1. The van der Waals surface area contributed by atoms with Crippen molar-refractivity contribution < 1.29 is 13.2 Å². The largest absolute Gasteiger partial charge is 0.325 e. The molecule has 0 atom stereocenters. The Morgan fingerprint density at radius 3 is 2.19 bits per heavy atom. The minimum Gasteiger partial charge on any atom is -0.325 e. The SMILES string of the molecule is Cc1ccc(S(=O)(=O)N(CC(=O)Nc2ccc(CC#N)cc2)c2ccc(Br)cc2)cc1. The standard InChI is InChI=1S/C23H20BrN3O3S/c1-17-2-12-22(13-3-17)31(29,30)27(21-10-6-19(24)7-11-21)16-23(28)26-20-8-4-18(5-9-20)14-15-25/h2-13H,14,16H2,1H3,(H,26,28). The van der Waals surface area contributed by atoms with E-state index in [1.54, 1.807) is 60.7 Å². The number of halogens is 1. The molecule has 0 radical (unpaired) electrons. The molecule has 158 valence electrons. The number of carbonyl (C=O) groups is 1. The van der Waals surface area contributed by atoms with Crippen LogP contribution in [0.25, 0.3) is 0 Å². The van der Waals surface area contributed by atoms with Crippen molar-refractivity contribution in [2.75, 3.05) is 16.2 Å². The summed E-state index contributed by atoms with van der Waals surface area (Å²) in [6.07, 6.45) is 0.278. The number of carbonyl (C=O) groups excluding carboxylic acids is 1. The summed E-state index contributed by atoms with van der Waals surface area (Å²) >= 11 is 3.34. The highest BCUT2D eigenvalue weighted by molar-refractivity contribution is 9.10. The van der Waals surface area contributed by atoms with Crippen molar-refractivity contribution in [3.05, 3.63) is 88.4 Å². The Hall–Kier alpha value is -3.15. The van der Waals surface area contributed by atoms with Crippen LogP contribution in [0.5, 0.6) is 0 Å². The summed E-state index contributed by atoms with van der Waals surface area (Å²) in [6, 6.07) is 22.1. The summed E-state index contributed by atoms with van der Waals surface area (Å²) in [5.74, 6) is -0.480. The summed E-state index contributed by atoms with van der Waals surface area (Å²) in [5, 5.41) is 11.5. The van der Waals surface area contributed by atoms with E-state index in [0.717, 1.165) is 19.9 Å². The molecule has 6 nitrogen and oxygen atoms in total. The van der Waals surface area contributed by atoms with Crippen molar-refractivity contribution in [2.45, 2.75) is 18.2 Å². The molecule has 0 heterocycles. The quantitative estimate of drug-likeness (QED) is 0.513. The molecule has 8 heteroatoms. The molecule has 31 heavy (non-hydrogen) atoms. The summed E-state index contributed by atoms with van der Waals surface area (Å²) in [4.78, 5) is 12.8. The highest BCUT2D eigenvalue weighted by Crippen LogP contribution is 2.25. The van der Waals surface area contributed by atoms with Gasteiger partial charge in [0, 0.05) is 10.2 Å². The van der Waals surface area contributed by atoms with Crippen LogP contribution in [0.2, 0.25) is 0 Å². The minimum absolute atomic E-state index is 0.106. The normalized spacial score (nSPS) is 10.9. The molecule has 0 aliphatic carbocycles. The van der Waals surface area contributed by atoms with Crippen molar-refractivity contribution in [3.8, 4) is 6.07 Å². The topological polar surface area (TPSA) is 90.3 Å². The fourth-order valence-corrected chi connectivity index (χ4v) is 4.57. The molecule has 0 aromatic heterocycles. The molecule has 3 rings (SSSR count). The predicted molar refractivity (Wildman–Crippen MR) is 124 cm³/mol. The smallest absolute Gasteiger partial charge is 0.264 e. The van der Waals surface area contributed by atoms with Gasteiger partial charge in [0.2, 0.25) is 5.91 Å². The molecular formula is C23H20BrN3O3S. The number of sulfonamides is 1. The van der Waals surface area contributed by atoms with Gasteiger partial charge >= 0.3 is 0 Å². The Morgan fingerprint density at radius 1 is 1.00 bits per heavy atom. The van der Waals surface area contributed by atoms with Gasteiger partial charge in [0.1, 0.15) is 6.54 Å². The van der Waals surface area contributed by atoms with Gasteiger partial charge in [-0.05, 0) is 61.0 Å². The van der Waals surface area contributed by atoms with Crippen LogP contribution in [0.1, 0.15) is 11.1 Å². The lowest BCUT2D eigenvalue weighted by Gasteiger charge is -2.24. The molecule has 0 saturated carbocycles. The summed E-state index contributed by atoms with van der Waals surface area (Å²) < 4.78 is 28.6. The average Bonchev–Trinajstić information content (AvgIpc) is 2.75. The average molecular weight is 498 g/mol. The second-order valence-electron chi connectivity index (χ2n) is 6.88. The Labute approximate surface area is 190 Å². The number of amides is 1. The highest BCUT2D eigenvalue weighted by Gasteiger charge is 2.27. The zero-order chi connectivity index (χ0) is 22.4. The van der Waals surface area contributed by atoms with Crippen molar-refractivity contribution >= 4 is 43.2 Å². The van der Waals surface area contributed by atoms with Crippen molar-refractivity contribution in [1.82, 2.24) is 0 Å². The maximum atomic E-state index is 13.3. The fourth-order valence-electron chi connectivity index (χ4n) is 2.89. The lowest BCUT2D eigenvalue weighted by molar-refractivity contribution is -0.114. The van der Waals surface area contributed by atoms with Crippen LogP contribution in [0, 0.1) is 18.3 Å². The second kappa shape index (κ2) is 9.77. The summed E-state index contributed by atoms with van der Waals surface area (Å²) in [5.41, 5.74) is 2.67. The van der Waals surface area contributed by atoms with E-state index in [2.05, 4.69) is 27.3 Å². The van der Waals surface area contributed by atoms with E-state index in [0.29, 0.717) is 11.4 Å². The number of aryl methyl sites for hydroxylation is 1. The number of anilines is 2. The minimum atomic E-state index is -3.96. The van der Waals surface area contributed by atoms with Gasteiger partial charge in [-0.2, -0.15) is 5.26 Å². The van der Waals surface area contributed by atoms with E-state index in [4.69, 9.17) is 5.26 Å². The number of nitrogens with zero attached hydrogens (tertiary/aromatic N) is 2. The lowest BCUT2D eigenvalue weighted by atomic mass is 10.1. The lowest BCUT2D eigenvalue weighted by Crippen LogP contribution is -2.38. The number of nitriles is 1. The number of hydrogen-bond donors (Lipinski definition) is 1. The first-order chi connectivity index (χ1) is 14.8. The van der Waals surface area contributed by atoms with Gasteiger partial charge in [-0.25, -0.2) is 8.42 Å². The molecule has 1 amide bonds. The van der Waals surface area contributed by atoms with Crippen molar-refractivity contribution in [2.24, 2.45) is 0 Å². The molecule has 3 aromatic rings.